The SMILES string of the molecule is CC[C@@H](N)C(=O)Nc1ccc(O)cc1C(=O)O. The number of aromatic carboxylic acids is 1. The molecule has 0 heterocycles. The first kappa shape index (κ1) is 13.0. The van der Waals surface area contributed by atoms with Crippen LogP contribution in [0.25, 0.3) is 0 Å². The lowest BCUT2D eigenvalue weighted by atomic mass is 10.1. The zero-order chi connectivity index (χ0) is 13.0. The van der Waals surface area contributed by atoms with Crippen LogP contribution < -0.4 is 11.1 Å². The van der Waals surface area contributed by atoms with E-state index in [1.165, 1.54) is 12.1 Å². The van der Waals surface area contributed by atoms with Gasteiger partial charge in [0.15, 0.2) is 0 Å². The van der Waals surface area contributed by atoms with Crippen LogP contribution in [0.3, 0.4) is 0 Å². The average molecular weight is 238 g/mol. The van der Waals surface area contributed by atoms with Gasteiger partial charge in [-0.15, -0.1) is 0 Å². The summed E-state index contributed by atoms with van der Waals surface area (Å²) >= 11 is 0. The lowest BCUT2D eigenvalue weighted by molar-refractivity contribution is -0.117. The highest BCUT2D eigenvalue weighted by atomic mass is 16.4. The lowest BCUT2D eigenvalue weighted by Crippen LogP contribution is -2.35. The van der Waals surface area contributed by atoms with Crippen molar-refractivity contribution in [2.75, 3.05) is 5.32 Å². The molecule has 0 aliphatic heterocycles. The zero-order valence-corrected chi connectivity index (χ0v) is 9.30. The number of carbonyl (C=O) groups is 2. The highest BCUT2D eigenvalue weighted by molar-refractivity contribution is 6.02. The van der Waals surface area contributed by atoms with Crippen molar-refractivity contribution in [1.82, 2.24) is 0 Å². The number of hydrogen-bond donors (Lipinski definition) is 4. The number of amides is 1. The molecule has 92 valence electrons. The lowest BCUT2D eigenvalue weighted by Gasteiger charge is -2.12. The van der Waals surface area contributed by atoms with Crippen molar-refractivity contribution in [3.63, 3.8) is 0 Å². The van der Waals surface area contributed by atoms with Gasteiger partial charge in [-0.2, -0.15) is 0 Å². The summed E-state index contributed by atoms with van der Waals surface area (Å²) in [5.41, 5.74) is 5.45. The maximum absolute atomic E-state index is 11.5. The standard InChI is InChI=1S/C11H14N2O4/c1-2-8(12)10(15)13-9-4-3-6(14)5-7(9)11(16)17/h3-5,8,14H,2,12H2,1H3,(H,13,15)(H,16,17)/t8-/m1/s1. The maximum atomic E-state index is 11.5. The van der Waals surface area contributed by atoms with E-state index in [0.717, 1.165) is 6.07 Å². The van der Waals surface area contributed by atoms with E-state index in [4.69, 9.17) is 10.8 Å². The second-order valence-electron chi connectivity index (χ2n) is 3.54. The van der Waals surface area contributed by atoms with Gasteiger partial charge in [0.25, 0.3) is 0 Å². The topological polar surface area (TPSA) is 113 Å². The summed E-state index contributed by atoms with van der Waals surface area (Å²) in [4.78, 5) is 22.4. The molecule has 17 heavy (non-hydrogen) atoms. The summed E-state index contributed by atoms with van der Waals surface area (Å²) in [5.74, 6) is -1.87. The van der Waals surface area contributed by atoms with E-state index in [9.17, 15) is 14.7 Å². The molecule has 1 aromatic rings. The van der Waals surface area contributed by atoms with Crippen LogP contribution in [0.15, 0.2) is 18.2 Å². The van der Waals surface area contributed by atoms with Crippen LogP contribution in [-0.2, 0) is 4.79 Å². The van der Waals surface area contributed by atoms with Crippen LogP contribution in [0.1, 0.15) is 23.7 Å². The number of carbonyl (C=O) groups excluding carboxylic acids is 1. The minimum absolute atomic E-state index is 0.115. The van der Waals surface area contributed by atoms with Crippen molar-refractivity contribution in [1.29, 1.82) is 0 Å². The molecule has 0 aliphatic rings. The molecule has 0 bridgehead atoms. The van der Waals surface area contributed by atoms with Gasteiger partial charge in [-0.05, 0) is 24.6 Å². The Balaban J connectivity index is 2.98. The maximum Gasteiger partial charge on any atom is 0.337 e. The van der Waals surface area contributed by atoms with Crippen molar-refractivity contribution in [2.45, 2.75) is 19.4 Å². The number of rotatable bonds is 4. The predicted molar refractivity (Wildman–Crippen MR) is 62.0 cm³/mol. The number of benzene rings is 1. The fraction of sp³-hybridized carbons (Fsp3) is 0.273. The third kappa shape index (κ3) is 3.18. The van der Waals surface area contributed by atoms with E-state index in [1.807, 2.05) is 0 Å². The molecule has 6 heteroatoms. The van der Waals surface area contributed by atoms with Crippen LogP contribution >= 0.6 is 0 Å². The molecule has 6 nitrogen and oxygen atoms in total. The molecule has 0 fully saturated rings. The number of aromatic hydroxyl groups is 1. The van der Waals surface area contributed by atoms with E-state index in [-0.39, 0.29) is 17.0 Å². The number of nitrogens with two attached hydrogens (primary N) is 1. The van der Waals surface area contributed by atoms with Gasteiger partial charge in [0.2, 0.25) is 5.91 Å². The fourth-order valence-electron chi connectivity index (χ4n) is 1.23. The average Bonchev–Trinajstić information content (AvgIpc) is 2.29. The third-order valence-electron chi connectivity index (χ3n) is 2.27. The third-order valence-corrected chi connectivity index (χ3v) is 2.27. The molecule has 1 atom stereocenters. The Hall–Kier alpha value is -2.08. The highest BCUT2D eigenvalue weighted by Crippen LogP contribution is 2.21. The zero-order valence-electron chi connectivity index (χ0n) is 9.30. The fourth-order valence-corrected chi connectivity index (χ4v) is 1.23. The Kier molecular flexibility index (Phi) is 4.06. The Bertz CT molecular complexity index is 445. The number of carboxylic acids is 1. The summed E-state index contributed by atoms with van der Waals surface area (Å²) < 4.78 is 0. The van der Waals surface area contributed by atoms with Crippen LogP contribution in [-0.4, -0.2) is 28.1 Å². The van der Waals surface area contributed by atoms with Gasteiger partial charge in [-0.25, -0.2) is 4.79 Å². The summed E-state index contributed by atoms with van der Waals surface area (Å²) in [5, 5.41) is 20.5. The Labute approximate surface area is 98.1 Å². The first-order chi connectivity index (χ1) is 7.95. The van der Waals surface area contributed by atoms with Gasteiger partial charge in [0.1, 0.15) is 5.75 Å². The molecule has 0 saturated carbocycles. The molecule has 0 radical (unpaired) electrons. The number of nitrogens with one attached hydrogen (secondary N) is 1. The number of phenolic OH excluding ortho intramolecular Hbond substituents is 1. The molecule has 0 aromatic heterocycles. The molecular formula is C11H14N2O4. The van der Waals surface area contributed by atoms with E-state index in [0.29, 0.717) is 6.42 Å². The van der Waals surface area contributed by atoms with E-state index in [2.05, 4.69) is 5.32 Å². The molecule has 5 N–H and O–H groups in total. The number of anilines is 1. The largest absolute Gasteiger partial charge is 0.508 e. The molecule has 0 unspecified atom stereocenters. The molecule has 1 aromatic carbocycles. The summed E-state index contributed by atoms with van der Waals surface area (Å²) in [6.07, 6.45) is 0.451. The molecule has 1 rings (SSSR count). The quantitative estimate of drug-likeness (QED) is 0.578. The molecule has 1 amide bonds. The van der Waals surface area contributed by atoms with Crippen LogP contribution in [0, 0.1) is 0 Å². The molecule has 0 aliphatic carbocycles. The first-order valence-electron chi connectivity index (χ1n) is 5.08. The summed E-state index contributed by atoms with van der Waals surface area (Å²) in [6.45, 7) is 1.75. The molecular weight excluding hydrogens is 224 g/mol. The van der Waals surface area contributed by atoms with E-state index >= 15 is 0 Å². The van der Waals surface area contributed by atoms with Gasteiger partial charge < -0.3 is 21.3 Å². The van der Waals surface area contributed by atoms with Crippen molar-refractivity contribution in [3.8, 4) is 5.75 Å². The highest BCUT2D eigenvalue weighted by Gasteiger charge is 2.16. The van der Waals surface area contributed by atoms with Crippen molar-refractivity contribution in [3.05, 3.63) is 23.8 Å². The van der Waals surface area contributed by atoms with Gasteiger partial charge in [-0.3, -0.25) is 4.79 Å². The number of phenols is 1. The second kappa shape index (κ2) is 5.31. The van der Waals surface area contributed by atoms with Crippen LogP contribution in [0.4, 0.5) is 5.69 Å². The number of carboxylic acid groups (broad SMARTS) is 1. The normalized spacial score (nSPS) is 11.9. The van der Waals surface area contributed by atoms with Crippen LogP contribution in [0.5, 0.6) is 5.75 Å². The smallest absolute Gasteiger partial charge is 0.337 e. The summed E-state index contributed by atoms with van der Waals surface area (Å²) in [6, 6.07) is 2.99. The van der Waals surface area contributed by atoms with Crippen molar-refractivity contribution in [2.24, 2.45) is 5.73 Å². The van der Waals surface area contributed by atoms with Crippen molar-refractivity contribution >= 4 is 17.6 Å². The van der Waals surface area contributed by atoms with Gasteiger partial charge in [0.05, 0.1) is 17.3 Å². The first-order valence-corrected chi connectivity index (χ1v) is 5.08. The van der Waals surface area contributed by atoms with Crippen molar-refractivity contribution < 1.29 is 19.8 Å². The Morgan fingerprint density at radius 1 is 1.47 bits per heavy atom. The second-order valence-corrected chi connectivity index (χ2v) is 3.54. The van der Waals surface area contributed by atoms with Gasteiger partial charge in [-0.1, -0.05) is 6.92 Å². The monoisotopic (exact) mass is 238 g/mol. The van der Waals surface area contributed by atoms with E-state index < -0.39 is 17.9 Å². The van der Waals surface area contributed by atoms with Gasteiger partial charge >= 0.3 is 5.97 Å². The van der Waals surface area contributed by atoms with Gasteiger partial charge in [0, 0.05) is 0 Å². The Morgan fingerprint density at radius 2 is 2.12 bits per heavy atom. The number of hydrogen-bond acceptors (Lipinski definition) is 4. The predicted octanol–water partition coefficient (Wildman–Crippen LogP) is 0.766. The minimum atomic E-state index is -1.23. The molecule has 0 spiro atoms. The van der Waals surface area contributed by atoms with Crippen LogP contribution in [0.2, 0.25) is 0 Å². The molecule has 0 saturated heterocycles. The summed E-state index contributed by atoms with van der Waals surface area (Å²) in [7, 11) is 0. The Morgan fingerprint density at radius 3 is 2.65 bits per heavy atom. The minimum Gasteiger partial charge on any atom is -0.508 e. The van der Waals surface area contributed by atoms with E-state index in [1.54, 1.807) is 6.92 Å².